The van der Waals surface area contributed by atoms with Gasteiger partial charge in [-0.25, -0.2) is 9.59 Å². The van der Waals surface area contributed by atoms with Gasteiger partial charge in [0.1, 0.15) is 12.6 Å². The van der Waals surface area contributed by atoms with Gasteiger partial charge >= 0.3 is 11.9 Å². The van der Waals surface area contributed by atoms with Gasteiger partial charge < -0.3 is 25.2 Å². The number of aliphatic carboxylic acids is 1. The monoisotopic (exact) mass is 328 g/mol. The number of aliphatic hydroxyl groups excluding tert-OH is 1. The van der Waals surface area contributed by atoms with Crippen LogP contribution in [0.1, 0.15) is 0 Å². The molecule has 2 rings (SSSR count). The van der Waals surface area contributed by atoms with Crippen molar-refractivity contribution in [2.75, 3.05) is 24.6 Å². The van der Waals surface area contributed by atoms with Crippen LogP contribution in [-0.4, -0.2) is 53.8 Å². The van der Waals surface area contributed by atoms with E-state index in [1.165, 1.54) is 17.0 Å². The first kappa shape index (κ1) is 16.1. The molecule has 1 aromatic carbocycles. The van der Waals surface area contributed by atoms with Gasteiger partial charge in [-0.2, -0.15) is 0 Å². The van der Waals surface area contributed by atoms with Crippen LogP contribution in [-0.2, 0) is 14.4 Å². The zero-order chi connectivity index (χ0) is 16.3. The minimum absolute atomic E-state index is 0.169. The lowest BCUT2D eigenvalue weighted by Crippen LogP contribution is -2.49. The highest BCUT2D eigenvalue weighted by Gasteiger charge is 2.27. The summed E-state index contributed by atoms with van der Waals surface area (Å²) < 4.78 is 5.03. The van der Waals surface area contributed by atoms with Gasteiger partial charge in [0.2, 0.25) is 5.91 Å². The van der Waals surface area contributed by atoms with Crippen molar-refractivity contribution in [3.05, 3.63) is 23.2 Å². The molecule has 8 nitrogen and oxygen atoms in total. The van der Waals surface area contributed by atoms with Gasteiger partial charge in [0.15, 0.2) is 5.75 Å². The molecule has 1 aliphatic rings. The van der Waals surface area contributed by atoms with Crippen LogP contribution in [0.15, 0.2) is 18.2 Å². The van der Waals surface area contributed by atoms with Gasteiger partial charge in [0.05, 0.1) is 18.8 Å². The Morgan fingerprint density at radius 1 is 1.45 bits per heavy atom. The van der Waals surface area contributed by atoms with Gasteiger partial charge in [-0.05, 0) is 18.2 Å². The third-order valence-corrected chi connectivity index (χ3v) is 3.19. The number of nitrogens with zero attached hydrogens (tertiary/aromatic N) is 1. The van der Waals surface area contributed by atoms with Crippen LogP contribution in [0.2, 0.25) is 5.02 Å². The topological polar surface area (TPSA) is 116 Å². The molecule has 118 valence electrons. The van der Waals surface area contributed by atoms with E-state index < -0.39 is 30.5 Å². The SMILES string of the molecule is O=C(CN1CC(=O)Oc2ccc(Cl)cc21)NC(CO)C(=O)O. The molecule has 0 bridgehead atoms. The number of esters is 1. The number of hydrogen-bond acceptors (Lipinski definition) is 6. The van der Waals surface area contributed by atoms with E-state index in [0.717, 1.165) is 0 Å². The number of carboxylic acid groups (broad SMARTS) is 1. The normalized spacial score (nSPS) is 14.8. The van der Waals surface area contributed by atoms with Gasteiger partial charge in [-0.15, -0.1) is 0 Å². The summed E-state index contributed by atoms with van der Waals surface area (Å²) in [5, 5.41) is 20.2. The summed E-state index contributed by atoms with van der Waals surface area (Å²) >= 11 is 5.88. The Hall–Kier alpha value is -2.32. The highest BCUT2D eigenvalue weighted by atomic mass is 35.5. The number of benzene rings is 1. The number of hydrogen-bond donors (Lipinski definition) is 3. The smallest absolute Gasteiger partial charge is 0.331 e. The summed E-state index contributed by atoms with van der Waals surface area (Å²) in [6, 6.07) is 3.19. The summed E-state index contributed by atoms with van der Waals surface area (Å²) in [5.74, 6) is -2.27. The summed E-state index contributed by atoms with van der Waals surface area (Å²) in [7, 11) is 0. The number of anilines is 1. The molecule has 1 unspecified atom stereocenters. The number of fused-ring (bicyclic) bond motifs is 1. The Balaban J connectivity index is 2.13. The molecule has 0 saturated carbocycles. The second kappa shape index (κ2) is 6.63. The Morgan fingerprint density at radius 2 is 2.18 bits per heavy atom. The highest BCUT2D eigenvalue weighted by molar-refractivity contribution is 6.31. The molecule has 1 aliphatic heterocycles. The molecule has 0 saturated heterocycles. The Morgan fingerprint density at radius 3 is 2.82 bits per heavy atom. The summed E-state index contributed by atoms with van der Waals surface area (Å²) in [6.07, 6.45) is 0. The Labute approximate surface area is 130 Å². The van der Waals surface area contributed by atoms with Crippen molar-refractivity contribution in [2.45, 2.75) is 6.04 Å². The van der Waals surface area contributed by atoms with Gasteiger partial charge in [0, 0.05) is 5.02 Å². The number of rotatable bonds is 5. The maximum Gasteiger partial charge on any atom is 0.331 e. The van der Waals surface area contributed by atoms with Crippen molar-refractivity contribution in [1.29, 1.82) is 0 Å². The van der Waals surface area contributed by atoms with Crippen LogP contribution in [0.4, 0.5) is 5.69 Å². The Bertz CT molecular complexity index is 621. The van der Waals surface area contributed by atoms with Gasteiger partial charge in [-0.3, -0.25) is 4.79 Å². The van der Waals surface area contributed by atoms with Gasteiger partial charge in [0.25, 0.3) is 0 Å². The van der Waals surface area contributed by atoms with Crippen LogP contribution in [0.25, 0.3) is 0 Å². The molecular formula is C13H13ClN2O6. The third kappa shape index (κ3) is 3.66. The summed E-state index contributed by atoms with van der Waals surface area (Å²) in [5.41, 5.74) is 0.457. The van der Waals surface area contributed by atoms with Crippen LogP contribution in [0, 0.1) is 0 Å². The predicted molar refractivity (Wildman–Crippen MR) is 76.0 cm³/mol. The van der Waals surface area contributed by atoms with Crippen molar-refractivity contribution in [3.8, 4) is 5.75 Å². The lowest BCUT2D eigenvalue weighted by molar-refractivity contribution is -0.142. The average Bonchev–Trinajstić information content (AvgIpc) is 2.45. The highest BCUT2D eigenvalue weighted by Crippen LogP contribution is 2.34. The average molecular weight is 329 g/mol. The fourth-order valence-corrected chi connectivity index (χ4v) is 2.13. The van der Waals surface area contributed by atoms with Crippen molar-refractivity contribution in [3.63, 3.8) is 0 Å². The number of carbonyl (C=O) groups excluding carboxylic acids is 2. The number of ether oxygens (including phenoxy) is 1. The largest absolute Gasteiger partial charge is 0.480 e. The molecule has 0 radical (unpaired) electrons. The van der Waals surface area contributed by atoms with Crippen molar-refractivity contribution in [2.24, 2.45) is 0 Å². The molecule has 9 heteroatoms. The minimum atomic E-state index is -1.40. The van der Waals surface area contributed by atoms with Crippen LogP contribution >= 0.6 is 11.6 Å². The first-order valence-electron chi connectivity index (χ1n) is 6.29. The molecule has 0 fully saturated rings. The fourth-order valence-electron chi connectivity index (χ4n) is 1.96. The maximum absolute atomic E-state index is 11.9. The molecule has 0 spiro atoms. The molecule has 0 aromatic heterocycles. The quantitative estimate of drug-likeness (QED) is 0.498. The number of carbonyl (C=O) groups is 3. The summed E-state index contributed by atoms with van der Waals surface area (Å²) in [4.78, 5) is 35.6. The van der Waals surface area contributed by atoms with E-state index in [1.807, 2.05) is 0 Å². The molecule has 1 atom stereocenters. The first-order chi connectivity index (χ1) is 10.4. The second-order valence-electron chi connectivity index (χ2n) is 4.58. The molecule has 1 aromatic rings. The molecular weight excluding hydrogens is 316 g/mol. The van der Waals surface area contributed by atoms with E-state index in [4.69, 9.17) is 26.6 Å². The van der Waals surface area contributed by atoms with Crippen molar-refractivity contribution < 1.29 is 29.3 Å². The summed E-state index contributed by atoms with van der Waals surface area (Å²) in [6.45, 7) is -1.17. The standard InChI is InChI=1S/C13H13ClN2O6/c14-7-1-2-10-9(3-7)16(5-12(19)22-10)4-11(18)15-8(6-17)13(20)21/h1-3,8,17H,4-6H2,(H,15,18)(H,20,21). The second-order valence-corrected chi connectivity index (χ2v) is 5.02. The van der Waals surface area contributed by atoms with E-state index in [0.29, 0.717) is 10.7 Å². The third-order valence-electron chi connectivity index (χ3n) is 2.96. The van der Waals surface area contributed by atoms with Crippen molar-refractivity contribution in [1.82, 2.24) is 5.32 Å². The minimum Gasteiger partial charge on any atom is -0.480 e. The molecule has 1 heterocycles. The van der Waals surface area contributed by atoms with Crippen LogP contribution in [0.5, 0.6) is 5.75 Å². The van der Waals surface area contributed by atoms with Crippen LogP contribution in [0.3, 0.4) is 0 Å². The number of carboxylic acids is 1. The number of halogens is 1. The molecule has 22 heavy (non-hydrogen) atoms. The molecule has 1 amide bonds. The zero-order valence-electron chi connectivity index (χ0n) is 11.3. The number of nitrogens with one attached hydrogen (secondary N) is 1. The lowest BCUT2D eigenvalue weighted by atomic mass is 10.2. The number of amides is 1. The molecule has 0 aliphatic carbocycles. The first-order valence-corrected chi connectivity index (χ1v) is 6.66. The molecule has 3 N–H and O–H groups in total. The lowest BCUT2D eigenvalue weighted by Gasteiger charge is -2.29. The fraction of sp³-hybridized carbons (Fsp3) is 0.308. The van der Waals surface area contributed by atoms with E-state index in [-0.39, 0.29) is 18.8 Å². The zero-order valence-corrected chi connectivity index (χ0v) is 12.0. The van der Waals surface area contributed by atoms with Gasteiger partial charge in [-0.1, -0.05) is 11.6 Å². The van der Waals surface area contributed by atoms with Crippen molar-refractivity contribution >= 4 is 35.1 Å². The van der Waals surface area contributed by atoms with E-state index in [9.17, 15) is 14.4 Å². The predicted octanol–water partition coefficient (Wildman–Crippen LogP) is -0.373. The van der Waals surface area contributed by atoms with E-state index >= 15 is 0 Å². The Kier molecular flexibility index (Phi) is 4.84. The van der Waals surface area contributed by atoms with E-state index in [2.05, 4.69) is 5.32 Å². The van der Waals surface area contributed by atoms with E-state index in [1.54, 1.807) is 6.07 Å². The maximum atomic E-state index is 11.9. The number of aliphatic hydroxyl groups is 1. The van der Waals surface area contributed by atoms with Crippen LogP contribution < -0.4 is 15.0 Å².